The molecular weight excluding hydrogens is 311 g/mol. The number of likely N-dealkylation sites (tertiary alicyclic amines) is 1. The van der Waals surface area contributed by atoms with Crippen LogP contribution in [0.25, 0.3) is 0 Å². The Labute approximate surface area is 139 Å². The lowest BCUT2D eigenvalue weighted by atomic mass is 10.00. The molecular formula is C17H19FN4O2. The molecule has 0 saturated carbocycles. The summed E-state index contributed by atoms with van der Waals surface area (Å²) in [6, 6.07) is 5.31. The Bertz CT molecular complexity index is 756. The van der Waals surface area contributed by atoms with Gasteiger partial charge in [0.1, 0.15) is 5.82 Å². The van der Waals surface area contributed by atoms with E-state index in [4.69, 9.17) is 0 Å². The predicted molar refractivity (Wildman–Crippen MR) is 85.7 cm³/mol. The van der Waals surface area contributed by atoms with Gasteiger partial charge in [-0.15, -0.1) is 0 Å². The standard InChI is InChI=1S/C17H19FN4O2/c1-3-22-10-12(9-19-22)17(24)20-14-8-15(23)21(2)16(14)11-4-6-13(18)7-5-11/h4-7,9-10,14,16H,3,8H2,1-2H3,(H,20,24)/t14-,16+/m0/s1. The number of hydrogen-bond donors (Lipinski definition) is 1. The summed E-state index contributed by atoms with van der Waals surface area (Å²) < 4.78 is 14.8. The lowest BCUT2D eigenvalue weighted by molar-refractivity contribution is -0.127. The fourth-order valence-corrected chi connectivity index (χ4v) is 3.02. The van der Waals surface area contributed by atoms with Crippen molar-refractivity contribution in [1.29, 1.82) is 0 Å². The summed E-state index contributed by atoms with van der Waals surface area (Å²) in [5, 5.41) is 6.99. The Morgan fingerprint density at radius 2 is 2.08 bits per heavy atom. The van der Waals surface area contributed by atoms with Gasteiger partial charge in [-0.05, 0) is 24.6 Å². The van der Waals surface area contributed by atoms with Crippen LogP contribution in [0.2, 0.25) is 0 Å². The van der Waals surface area contributed by atoms with E-state index in [9.17, 15) is 14.0 Å². The first-order valence-corrected chi connectivity index (χ1v) is 7.84. The number of rotatable bonds is 4. The molecule has 0 radical (unpaired) electrons. The number of halogens is 1. The molecule has 1 aromatic heterocycles. The maximum atomic E-state index is 13.2. The van der Waals surface area contributed by atoms with Gasteiger partial charge >= 0.3 is 0 Å². The van der Waals surface area contributed by atoms with E-state index in [0.717, 1.165) is 5.56 Å². The molecule has 2 atom stereocenters. The highest BCUT2D eigenvalue weighted by atomic mass is 19.1. The molecule has 24 heavy (non-hydrogen) atoms. The van der Waals surface area contributed by atoms with Crippen molar-refractivity contribution in [3.8, 4) is 0 Å². The van der Waals surface area contributed by atoms with Crippen LogP contribution < -0.4 is 5.32 Å². The van der Waals surface area contributed by atoms with Crippen molar-refractivity contribution in [2.75, 3.05) is 7.05 Å². The van der Waals surface area contributed by atoms with Crippen LogP contribution in [0, 0.1) is 5.82 Å². The molecule has 126 valence electrons. The minimum absolute atomic E-state index is 0.0566. The average molecular weight is 330 g/mol. The third-order valence-corrected chi connectivity index (χ3v) is 4.33. The number of benzene rings is 1. The second-order valence-corrected chi connectivity index (χ2v) is 5.87. The number of nitrogens with zero attached hydrogens (tertiary/aromatic N) is 3. The van der Waals surface area contributed by atoms with Crippen molar-refractivity contribution in [1.82, 2.24) is 20.0 Å². The summed E-state index contributed by atoms with van der Waals surface area (Å²) in [5.41, 5.74) is 1.25. The zero-order valence-electron chi connectivity index (χ0n) is 13.6. The summed E-state index contributed by atoms with van der Waals surface area (Å²) in [6.45, 7) is 2.61. The van der Waals surface area contributed by atoms with E-state index in [-0.39, 0.29) is 36.1 Å². The van der Waals surface area contributed by atoms with Crippen molar-refractivity contribution >= 4 is 11.8 Å². The van der Waals surface area contributed by atoms with Crippen LogP contribution in [0.1, 0.15) is 35.3 Å². The van der Waals surface area contributed by atoms with Gasteiger partial charge in [0.25, 0.3) is 5.91 Å². The van der Waals surface area contributed by atoms with Gasteiger partial charge in [-0.2, -0.15) is 5.10 Å². The minimum atomic E-state index is -0.370. The summed E-state index contributed by atoms with van der Waals surface area (Å²) >= 11 is 0. The van der Waals surface area contributed by atoms with E-state index in [1.807, 2.05) is 6.92 Å². The number of carbonyl (C=O) groups is 2. The minimum Gasteiger partial charge on any atom is -0.346 e. The quantitative estimate of drug-likeness (QED) is 0.928. The highest BCUT2D eigenvalue weighted by Gasteiger charge is 2.39. The zero-order valence-corrected chi connectivity index (χ0v) is 13.6. The van der Waals surface area contributed by atoms with Gasteiger partial charge in [-0.3, -0.25) is 14.3 Å². The van der Waals surface area contributed by atoms with Crippen LogP contribution in [0.4, 0.5) is 4.39 Å². The molecule has 3 rings (SSSR count). The number of hydrogen-bond acceptors (Lipinski definition) is 3. The highest BCUT2D eigenvalue weighted by molar-refractivity contribution is 5.94. The van der Waals surface area contributed by atoms with Crippen molar-refractivity contribution < 1.29 is 14.0 Å². The van der Waals surface area contributed by atoms with Gasteiger partial charge in [0.05, 0.1) is 23.8 Å². The molecule has 7 heteroatoms. The van der Waals surface area contributed by atoms with Crippen molar-refractivity contribution in [3.05, 3.63) is 53.6 Å². The molecule has 2 aromatic rings. The first kappa shape index (κ1) is 16.2. The van der Waals surface area contributed by atoms with Gasteiger partial charge in [-0.25, -0.2) is 4.39 Å². The zero-order chi connectivity index (χ0) is 17.3. The molecule has 1 aliphatic heterocycles. The van der Waals surface area contributed by atoms with E-state index in [2.05, 4.69) is 10.4 Å². The number of amides is 2. The highest BCUT2D eigenvalue weighted by Crippen LogP contribution is 2.32. The number of likely N-dealkylation sites (N-methyl/N-ethyl adjacent to an activating group) is 1. The molecule has 2 heterocycles. The number of nitrogens with one attached hydrogen (secondary N) is 1. The summed E-state index contributed by atoms with van der Waals surface area (Å²) in [6.07, 6.45) is 3.39. The summed E-state index contributed by atoms with van der Waals surface area (Å²) in [7, 11) is 1.69. The SMILES string of the molecule is CCn1cc(C(=O)N[C@H]2CC(=O)N(C)[C@@H]2c2ccc(F)cc2)cn1. The third-order valence-electron chi connectivity index (χ3n) is 4.33. The molecule has 0 aliphatic carbocycles. The fraction of sp³-hybridized carbons (Fsp3) is 0.353. The molecule has 1 fully saturated rings. The van der Waals surface area contributed by atoms with E-state index in [1.54, 1.807) is 35.0 Å². The predicted octanol–water partition coefficient (Wildman–Crippen LogP) is 1.74. The Kier molecular flexibility index (Phi) is 4.33. The molecule has 0 spiro atoms. The third kappa shape index (κ3) is 3.02. The smallest absolute Gasteiger partial charge is 0.254 e. The van der Waals surface area contributed by atoms with Crippen LogP contribution in [0.3, 0.4) is 0 Å². The van der Waals surface area contributed by atoms with Gasteiger partial charge in [0.2, 0.25) is 5.91 Å². The Morgan fingerprint density at radius 1 is 1.38 bits per heavy atom. The Morgan fingerprint density at radius 3 is 2.71 bits per heavy atom. The number of aryl methyl sites for hydroxylation is 1. The van der Waals surface area contributed by atoms with Crippen molar-refractivity contribution in [2.45, 2.75) is 32.0 Å². The van der Waals surface area contributed by atoms with Crippen LogP contribution in [0.15, 0.2) is 36.7 Å². The first-order chi connectivity index (χ1) is 11.5. The van der Waals surface area contributed by atoms with Crippen LogP contribution in [-0.4, -0.2) is 39.6 Å². The van der Waals surface area contributed by atoms with Crippen LogP contribution in [-0.2, 0) is 11.3 Å². The molecule has 6 nitrogen and oxygen atoms in total. The molecule has 2 amide bonds. The topological polar surface area (TPSA) is 67.2 Å². The van der Waals surface area contributed by atoms with Gasteiger partial charge < -0.3 is 10.2 Å². The molecule has 1 aliphatic rings. The lowest BCUT2D eigenvalue weighted by Gasteiger charge is -2.25. The van der Waals surface area contributed by atoms with E-state index >= 15 is 0 Å². The summed E-state index contributed by atoms with van der Waals surface area (Å²) in [5.74, 6) is -0.660. The molecule has 1 saturated heterocycles. The van der Waals surface area contributed by atoms with Crippen molar-refractivity contribution in [3.63, 3.8) is 0 Å². The van der Waals surface area contributed by atoms with Crippen LogP contribution >= 0.6 is 0 Å². The average Bonchev–Trinajstić information content (AvgIpc) is 3.15. The number of aromatic nitrogens is 2. The van der Waals surface area contributed by atoms with Gasteiger partial charge in [0, 0.05) is 26.2 Å². The van der Waals surface area contributed by atoms with E-state index < -0.39 is 0 Å². The van der Waals surface area contributed by atoms with Crippen molar-refractivity contribution in [2.24, 2.45) is 0 Å². The second-order valence-electron chi connectivity index (χ2n) is 5.87. The largest absolute Gasteiger partial charge is 0.346 e. The summed E-state index contributed by atoms with van der Waals surface area (Å²) in [4.78, 5) is 26.1. The van der Waals surface area contributed by atoms with Gasteiger partial charge in [0.15, 0.2) is 0 Å². The number of carbonyl (C=O) groups excluding carboxylic acids is 2. The Balaban J connectivity index is 1.81. The van der Waals surface area contributed by atoms with Crippen LogP contribution in [0.5, 0.6) is 0 Å². The molecule has 0 unspecified atom stereocenters. The lowest BCUT2D eigenvalue weighted by Crippen LogP contribution is -2.38. The maximum Gasteiger partial charge on any atom is 0.254 e. The molecule has 1 aromatic carbocycles. The maximum absolute atomic E-state index is 13.2. The second kappa shape index (κ2) is 6.43. The van der Waals surface area contributed by atoms with E-state index in [0.29, 0.717) is 12.1 Å². The molecule has 1 N–H and O–H groups in total. The van der Waals surface area contributed by atoms with Gasteiger partial charge in [-0.1, -0.05) is 12.1 Å². The fourth-order valence-electron chi connectivity index (χ4n) is 3.02. The molecule has 0 bridgehead atoms. The van der Waals surface area contributed by atoms with E-state index in [1.165, 1.54) is 18.3 Å². The first-order valence-electron chi connectivity index (χ1n) is 7.84. The monoisotopic (exact) mass is 330 g/mol. The normalized spacial score (nSPS) is 20.5. The Hall–Kier alpha value is -2.70.